The molecule has 0 saturated carbocycles. The zero-order valence-electron chi connectivity index (χ0n) is 8.73. The standard InChI is InChI=1S/C10F7.Ca.FH/c11-2-1-3(12)6(13)5-4(2)7(14)9(16)10(17)8(5)15;;/h;;1H/q-1;+2;/p-1. The Balaban J connectivity index is 0.00000162. The van der Waals surface area contributed by atoms with Crippen molar-refractivity contribution in [2.24, 2.45) is 0 Å². The van der Waals surface area contributed by atoms with E-state index in [4.69, 9.17) is 0 Å². The van der Waals surface area contributed by atoms with Crippen LogP contribution in [0.4, 0.5) is 30.7 Å². The van der Waals surface area contributed by atoms with E-state index >= 15 is 0 Å². The minimum Gasteiger partial charge on any atom is -1.00 e. The smallest absolute Gasteiger partial charge is 1.00 e. The summed E-state index contributed by atoms with van der Waals surface area (Å²) in [5, 5.41) is -3.16. The van der Waals surface area contributed by atoms with Gasteiger partial charge >= 0.3 is 37.7 Å². The fourth-order valence-electron chi connectivity index (χ4n) is 1.37. The molecule has 0 bridgehead atoms. The number of rotatable bonds is 0. The van der Waals surface area contributed by atoms with Gasteiger partial charge < -0.3 is 4.70 Å². The Morgan fingerprint density at radius 1 is 0.526 bits per heavy atom. The van der Waals surface area contributed by atoms with Gasteiger partial charge in [-0.1, -0.05) is 0 Å². The second kappa shape index (κ2) is 6.23. The fraction of sp³-hybridized carbons (Fsp3) is 0. The number of halogens is 8. The molecule has 0 N–H and O–H groups in total. The summed E-state index contributed by atoms with van der Waals surface area (Å²) in [7, 11) is 0. The van der Waals surface area contributed by atoms with Crippen molar-refractivity contribution in [1.82, 2.24) is 0 Å². The van der Waals surface area contributed by atoms with Crippen LogP contribution in [0.2, 0.25) is 0 Å². The van der Waals surface area contributed by atoms with Crippen LogP contribution >= 0.6 is 0 Å². The third-order valence-corrected chi connectivity index (χ3v) is 2.12. The van der Waals surface area contributed by atoms with Crippen LogP contribution in [-0.4, -0.2) is 37.7 Å². The molecule has 9 heteroatoms. The monoisotopic (exact) mass is 312 g/mol. The molecule has 98 valence electrons. The molecule has 0 heterocycles. The number of benzene rings is 2. The van der Waals surface area contributed by atoms with Crippen LogP contribution < -0.4 is 4.70 Å². The van der Waals surface area contributed by atoms with Crippen LogP contribution in [0.3, 0.4) is 0 Å². The van der Waals surface area contributed by atoms with Gasteiger partial charge in [-0.25, -0.2) is 26.3 Å². The molecule has 19 heavy (non-hydrogen) atoms. The second-order valence-corrected chi connectivity index (χ2v) is 3.07. The third-order valence-electron chi connectivity index (χ3n) is 2.12. The molecule has 0 aliphatic carbocycles. The Bertz CT molecular complexity index is 640. The summed E-state index contributed by atoms with van der Waals surface area (Å²) in [4.78, 5) is 0. The van der Waals surface area contributed by atoms with E-state index in [0.29, 0.717) is 0 Å². The number of hydrogen-bond donors (Lipinski definition) is 0. The Morgan fingerprint density at radius 2 is 0.947 bits per heavy atom. The van der Waals surface area contributed by atoms with Gasteiger partial charge in [0.2, 0.25) is 0 Å². The van der Waals surface area contributed by atoms with Crippen molar-refractivity contribution in [3.05, 3.63) is 46.8 Å². The summed E-state index contributed by atoms with van der Waals surface area (Å²) < 4.78 is 90.4. The predicted octanol–water partition coefficient (Wildman–Crippen LogP) is 0.237. The van der Waals surface area contributed by atoms with Crippen molar-refractivity contribution >= 4 is 48.5 Å². The molecule has 0 aromatic heterocycles. The van der Waals surface area contributed by atoms with E-state index in [1.165, 1.54) is 0 Å². The van der Waals surface area contributed by atoms with Crippen molar-refractivity contribution < 1.29 is 35.4 Å². The molecule has 0 amide bonds. The summed E-state index contributed by atoms with van der Waals surface area (Å²) in [6, 6.07) is 1.09. The van der Waals surface area contributed by atoms with Crippen LogP contribution in [-0.2, 0) is 0 Å². The van der Waals surface area contributed by atoms with Crippen molar-refractivity contribution in [1.29, 1.82) is 0 Å². The quantitative estimate of drug-likeness (QED) is 0.215. The summed E-state index contributed by atoms with van der Waals surface area (Å²) in [5.74, 6) is -14.9. The van der Waals surface area contributed by atoms with Gasteiger partial charge in [0.25, 0.3) is 0 Å². The molecular weight excluding hydrogens is 312 g/mol. The Kier molecular flexibility index (Phi) is 6.04. The van der Waals surface area contributed by atoms with E-state index in [0.717, 1.165) is 6.07 Å². The summed E-state index contributed by atoms with van der Waals surface area (Å²) in [6.07, 6.45) is 0. The van der Waals surface area contributed by atoms with Gasteiger partial charge in [-0.15, -0.1) is 6.07 Å². The molecule has 0 aliphatic rings. The minimum absolute atomic E-state index is 0. The van der Waals surface area contributed by atoms with Crippen LogP contribution in [0, 0.1) is 46.8 Å². The molecule has 2 rings (SSSR count). The first-order chi connectivity index (χ1) is 7.86. The van der Waals surface area contributed by atoms with Crippen molar-refractivity contribution in [3.63, 3.8) is 0 Å². The minimum atomic E-state index is -2.35. The van der Waals surface area contributed by atoms with E-state index < -0.39 is 51.5 Å². The number of hydrogen-bond acceptors (Lipinski definition) is 0. The second-order valence-electron chi connectivity index (χ2n) is 3.07. The fourth-order valence-corrected chi connectivity index (χ4v) is 1.37. The zero-order valence-corrected chi connectivity index (χ0v) is 10.9. The molecule has 0 unspecified atom stereocenters. The van der Waals surface area contributed by atoms with E-state index in [-0.39, 0.29) is 42.4 Å². The van der Waals surface area contributed by atoms with Gasteiger partial charge in [0.15, 0.2) is 11.6 Å². The summed E-state index contributed by atoms with van der Waals surface area (Å²) in [5.41, 5.74) is 0. The Morgan fingerprint density at radius 3 is 1.42 bits per heavy atom. The Labute approximate surface area is 130 Å². The van der Waals surface area contributed by atoms with Gasteiger partial charge in [0, 0.05) is 11.6 Å². The predicted molar refractivity (Wildman–Crippen MR) is 48.2 cm³/mol. The maximum atomic E-state index is 13.1. The molecule has 0 nitrogen and oxygen atoms in total. The molecule has 0 atom stereocenters. The summed E-state index contributed by atoms with van der Waals surface area (Å²) >= 11 is 0. The number of fused-ring (bicyclic) bond motifs is 1. The van der Waals surface area contributed by atoms with Gasteiger partial charge in [-0.3, -0.25) is 4.39 Å². The van der Waals surface area contributed by atoms with Gasteiger partial charge in [0.1, 0.15) is 11.6 Å². The normalized spacial score (nSPS) is 10.1. The van der Waals surface area contributed by atoms with Crippen LogP contribution in [0.1, 0.15) is 0 Å². The van der Waals surface area contributed by atoms with E-state index in [1.807, 2.05) is 0 Å². The first-order valence-corrected chi connectivity index (χ1v) is 4.07. The zero-order chi connectivity index (χ0) is 12.9. The third kappa shape index (κ3) is 2.66. The molecule has 0 saturated heterocycles. The van der Waals surface area contributed by atoms with Gasteiger partial charge in [-0.05, 0) is 10.8 Å². The van der Waals surface area contributed by atoms with E-state index in [9.17, 15) is 30.7 Å². The molecule has 2 aromatic carbocycles. The van der Waals surface area contributed by atoms with E-state index in [2.05, 4.69) is 0 Å². The molecule has 2 aromatic rings. The van der Waals surface area contributed by atoms with E-state index in [1.54, 1.807) is 0 Å². The average Bonchev–Trinajstić information content (AvgIpc) is 2.28. The summed E-state index contributed by atoms with van der Waals surface area (Å²) in [6.45, 7) is 0. The maximum absolute atomic E-state index is 13.1. The largest absolute Gasteiger partial charge is 2.00 e. The molecule has 0 fully saturated rings. The van der Waals surface area contributed by atoms with Crippen molar-refractivity contribution in [2.45, 2.75) is 0 Å². The molecule has 0 aliphatic heterocycles. The van der Waals surface area contributed by atoms with Gasteiger partial charge in [0.05, 0.1) is 5.82 Å². The van der Waals surface area contributed by atoms with Crippen LogP contribution in [0.15, 0.2) is 0 Å². The molecular formula is C10CaF8. The Hall–Kier alpha value is -0.600. The first-order valence-electron chi connectivity index (χ1n) is 4.07. The molecule has 0 spiro atoms. The van der Waals surface area contributed by atoms with Crippen molar-refractivity contribution in [3.8, 4) is 0 Å². The van der Waals surface area contributed by atoms with Crippen LogP contribution in [0.25, 0.3) is 10.8 Å². The molecule has 0 radical (unpaired) electrons. The first kappa shape index (κ1) is 18.4. The van der Waals surface area contributed by atoms with Crippen molar-refractivity contribution in [2.75, 3.05) is 0 Å². The topological polar surface area (TPSA) is 0 Å². The SMILES string of the molecule is Fc1[c-]c(F)c2c(F)c(F)c(F)c(F)c2c1F.[Ca+2].[F-]. The van der Waals surface area contributed by atoms with Crippen LogP contribution in [0.5, 0.6) is 0 Å². The maximum Gasteiger partial charge on any atom is 2.00 e. The average molecular weight is 312 g/mol. The van der Waals surface area contributed by atoms with Gasteiger partial charge in [-0.2, -0.15) is 0 Å².